The highest BCUT2D eigenvalue weighted by Gasteiger charge is 2.22. The van der Waals surface area contributed by atoms with Crippen LogP contribution >= 0.6 is 23.2 Å². The van der Waals surface area contributed by atoms with Crippen LogP contribution in [0.15, 0.2) is 23.4 Å². The molecule has 0 aliphatic heterocycles. The molecule has 0 aromatic heterocycles. The fourth-order valence-corrected chi connectivity index (χ4v) is 2.44. The van der Waals surface area contributed by atoms with Crippen LogP contribution < -0.4 is 5.73 Å². The summed E-state index contributed by atoms with van der Waals surface area (Å²) in [5, 5.41) is 12.1. The van der Waals surface area contributed by atoms with Gasteiger partial charge in [0.05, 0.1) is 15.6 Å². The van der Waals surface area contributed by atoms with Crippen molar-refractivity contribution in [3.63, 3.8) is 0 Å². The zero-order valence-corrected chi connectivity index (χ0v) is 13.5. The molecule has 1 amide bonds. The van der Waals surface area contributed by atoms with Gasteiger partial charge in [0, 0.05) is 19.5 Å². The van der Waals surface area contributed by atoms with E-state index in [2.05, 4.69) is 5.16 Å². The molecule has 0 spiro atoms. The van der Waals surface area contributed by atoms with Gasteiger partial charge in [0.2, 0.25) is 0 Å². The standard InChI is InChI=1S/C14H19Cl2N3O2/c1-9(2)8-19(7-6-12(17)18-21)14(20)13-10(15)4-3-5-11(13)16/h3-5,9,21H,6-8H2,1-2H3,(H2,17,18). The topological polar surface area (TPSA) is 78.9 Å². The second-order valence-electron chi connectivity index (χ2n) is 5.08. The molecule has 0 aliphatic rings. The second-order valence-corrected chi connectivity index (χ2v) is 5.90. The quantitative estimate of drug-likeness (QED) is 0.363. The van der Waals surface area contributed by atoms with Crippen LogP contribution in [0.1, 0.15) is 30.6 Å². The molecule has 116 valence electrons. The number of carbonyl (C=O) groups excluding carboxylic acids is 1. The minimum atomic E-state index is -0.259. The first-order valence-corrected chi connectivity index (χ1v) is 7.32. The molecule has 1 aromatic carbocycles. The van der Waals surface area contributed by atoms with E-state index >= 15 is 0 Å². The van der Waals surface area contributed by atoms with Gasteiger partial charge in [-0.3, -0.25) is 4.79 Å². The van der Waals surface area contributed by atoms with E-state index in [4.69, 9.17) is 34.1 Å². The van der Waals surface area contributed by atoms with Crippen molar-refractivity contribution in [3.05, 3.63) is 33.8 Å². The van der Waals surface area contributed by atoms with Crippen molar-refractivity contribution >= 4 is 34.9 Å². The summed E-state index contributed by atoms with van der Waals surface area (Å²) in [6.07, 6.45) is 0.275. The van der Waals surface area contributed by atoms with Gasteiger partial charge in [0.1, 0.15) is 5.84 Å². The number of nitrogens with zero attached hydrogens (tertiary/aromatic N) is 2. The number of oxime groups is 1. The van der Waals surface area contributed by atoms with Crippen LogP contribution in [-0.2, 0) is 0 Å². The lowest BCUT2D eigenvalue weighted by Crippen LogP contribution is -2.37. The Morgan fingerprint density at radius 1 is 1.38 bits per heavy atom. The first-order chi connectivity index (χ1) is 9.86. The minimum absolute atomic E-state index is 0.0711. The molecule has 0 saturated heterocycles. The van der Waals surface area contributed by atoms with E-state index in [-0.39, 0.29) is 29.6 Å². The maximum absolute atomic E-state index is 12.6. The molecule has 1 rings (SSSR count). The van der Waals surface area contributed by atoms with Crippen LogP contribution in [0.25, 0.3) is 0 Å². The van der Waals surface area contributed by atoms with Gasteiger partial charge in [-0.25, -0.2) is 0 Å². The fourth-order valence-electron chi connectivity index (χ4n) is 1.88. The number of hydrogen-bond acceptors (Lipinski definition) is 3. The van der Waals surface area contributed by atoms with Crippen molar-refractivity contribution in [1.82, 2.24) is 4.90 Å². The number of amides is 1. The first kappa shape index (κ1) is 17.6. The smallest absolute Gasteiger partial charge is 0.256 e. The maximum Gasteiger partial charge on any atom is 0.256 e. The zero-order chi connectivity index (χ0) is 16.0. The molecule has 0 unspecified atom stereocenters. The Labute approximate surface area is 134 Å². The van der Waals surface area contributed by atoms with Crippen molar-refractivity contribution in [1.29, 1.82) is 0 Å². The van der Waals surface area contributed by atoms with Gasteiger partial charge in [-0.15, -0.1) is 0 Å². The number of rotatable bonds is 6. The van der Waals surface area contributed by atoms with Crippen molar-refractivity contribution in [2.75, 3.05) is 13.1 Å². The lowest BCUT2D eigenvalue weighted by atomic mass is 10.1. The third kappa shape index (κ3) is 5.10. The molecule has 0 heterocycles. The summed E-state index contributed by atoms with van der Waals surface area (Å²) in [4.78, 5) is 14.2. The number of benzene rings is 1. The lowest BCUT2D eigenvalue weighted by Gasteiger charge is -2.25. The number of halogens is 2. The summed E-state index contributed by atoms with van der Waals surface area (Å²) in [7, 11) is 0. The molecule has 0 atom stereocenters. The highest BCUT2D eigenvalue weighted by molar-refractivity contribution is 6.39. The summed E-state index contributed by atoms with van der Waals surface area (Å²) in [6.45, 7) is 4.85. The normalized spacial score (nSPS) is 11.8. The van der Waals surface area contributed by atoms with Crippen molar-refractivity contribution < 1.29 is 10.0 Å². The highest BCUT2D eigenvalue weighted by Crippen LogP contribution is 2.26. The van der Waals surface area contributed by atoms with E-state index in [1.807, 2.05) is 13.8 Å². The molecular formula is C14H19Cl2N3O2. The summed E-state index contributed by atoms with van der Waals surface area (Å²) in [6, 6.07) is 4.93. The lowest BCUT2D eigenvalue weighted by molar-refractivity contribution is 0.0741. The van der Waals surface area contributed by atoms with Crippen LogP contribution in [0.2, 0.25) is 10.0 Å². The van der Waals surface area contributed by atoms with E-state index in [0.29, 0.717) is 23.1 Å². The number of carbonyl (C=O) groups is 1. The van der Waals surface area contributed by atoms with Crippen LogP contribution in [-0.4, -0.2) is 34.9 Å². The molecule has 0 fully saturated rings. The van der Waals surface area contributed by atoms with Crippen LogP contribution in [0.5, 0.6) is 0 Å². The van der Waals surface area contributed by atoms with Gasteiger partial charge in [-0.05, 0) is 18.1 Å². The predicted octanol–water partition coefficient (Wildman–Crippen LogP) is 3.23. The highest BCUT2D eigenvalue weighted by atomic mass is 35.5. The Morgan fingerprint density at radius 2 is 1.95 bits per heavy atom. The molecule has 7 heteroatoms. The summed E-state index contributed by atoms with van der Waals surface area (Å²) >= 11 is 12.1. The molecular weight excluding hydrogens is 313 g/mol. The van der Waals surface area contributed by atoms with Gasteiger partial charge in [-0.2, -0.15) is 0 Å². The number of hydrogen-bond donors (Lipinski definition) is 2. The summed E-state index contributed by atoms with van der Waals surface area (Å²) < 4.78 is 0. The third-order valence-electron chi connectivity index (χ3n) is 2.82. The van der Waals surface area contributed by atoms with Crippen molar-refractivity contribution in [3.8, 4) is 0 Å². The molecule has 1 aromatic rings. The third-order valence-corrected chi connectivity index (χ3v) is 3.45. The summed E-state index contributed by atoms with van der Waals surface area (Å²) in [5.74, 6) is 0.0781. The minimum Gasteiger partial charge on any atom is -0.409 e. The van der Waals surface area contributed by atoms with Gasteiger partial charge >= 0.3 is 0 Å². The van der Waals surface area contributed by atoms with Crippen molar-refractivity contribution in [2.45, 2.75) is 20.3 Å². The Bertz CT molecular complexity index is 513. The average molecular weight is 332 g/mol. The largest absolute Gasteiger partial charge is 0.409 e. The van der Waals surface area contributed by atoms with Crippen LogP contribution in [0.3, 0.4) is 0 Å². The van der Waals surface area contributed by atoms with E-state index in [1.54, 1.807) is 23.1 Å². The Hall–Kier alpha value is -1.46. The Kier molecular flexibility index (Phi) is 6.78. The average Bonchev–Trinajstić information content (AvgIpc) is 2.42. The van der Waals surface area contributed by atoms with Gasteiger partial charge in [0.25, 0.3) is 5.91 Å². The van der Waals surface area contributed by atoms with Crippen molar-refractivity contribution in [2.24, 2.45) is 16.8 Å². The number of nitrogens with two attached hydrogens (primary N) is 1. The van der Waals surface area contributed by atoms with E-state index in [0.717, 1.165) is 0 Å². The summed E-state index contributed by atoms with van der Waals surface area (Å²) in [5.41, 5.74) is 5.74. The van der Waals surface area contributed by atoms with Gasteiger partial charge in [-0.1, -0.05) is 48.3 Å². The Balaban J connectivity index is 2.99. The fraction of sp³-hybridized carbons (Fsp3) is 0.429. The molecule has 0 aliphatic carbocycles. The van der Waals surface area contributed by atoms with Crippen LogP contribution in [0, 0.1) is 5.92 Å². The first-order valence-electron chi connectivity index (χ1n) is 6.56. The van der Waals surface area contributed by atoms with E-state index in [1.165, 1.54) is 0 Å². The maximum atomic E-state index is 12.6. The van der Waals surface area contributed by atoms with E-state index in [9.17, 15) is 4.79 Å². The van der Waals surface area contributed by atoms with Crippen LogP contribution in [0.4, 0.5) is 0 Å². The molecule has 3 N–H and O–H groups in total. The van der Waals surface area contributed by atoms with Gasteiger partial charge < -0.3 is 15.8 Å². The monoisotopic (exact) mass is 331 g/mol. The van der Waals surface area contributed by atoms with Gasteiger partial charge in [0.15, 0.2) is 0 Å². The Morgan fingerprint density at radius 3 is 2.43 bits per heavy atom. The number of amidine groups is 1. The zero-order valence-electron chi connectivity index (χ0n) is 12.0. The molecule has 0 radical (unpaired) electrons. The molecule has 0 saturated carbocycles. The molecule has 0 bridgehead atoms. The molecule has 21 heavy (non-hydrogen) atoms. The molecule has 5 nitrogen and oxygen atoms in total. The predicted molar refractivity (Wildman–Crippen MR) is 85.2 cm³/mol. The van der Waals surface area contributed by atoms with E-state index < -0.39 is 0 Å². The SMILES string of the molecule is CC(C)CN(CCC(N)=NO)C(=O)c1c(Cl)cccc1Cl. The second kappa shape index (κ2) is 8.10.